The molecule has 0 saturated heterocycles. The molecule has 0 spiro atoms. The van der Waals surface area contributed by atoms with E-state index in [-0.39, 0.29) is 0 Å². The SMILES string of the molecule is CCCNCc1ccc(-n2nc(C)c(Br)c2C)cc1C. The molecule has 0 fully saturated rings. The molecule has 1 aromatic carbocycles. The summed E-state index contributed by atoms with van der Waals surface area (Å²) in [5.41, 5.74) is 5.93. The lowest BCUT2D eigenvalue weighted by molar-refractivity contribution is 0.673. The summed E-state index contributed by atoms with van der Waals surface area (Å²) in [5.74, 6) is 0. The van der Waals surface area contributed by atoms with Crippen LogP contribution in [-0.4, -0.2) is 16.3 Å². The van der Waals surface area contributed by atoms with Gasteiger partial charge >= 0.3 is 0 Å². The molecule has 0 atom stereocenters. The van der Waals surface area contributed by atoms with Crippen LogP contribution < -0.4 is 5.32 Å². The van der Waals surface area contributed by atoms with Gasteiger partial charge in [-0.1, -0.05) is 13.0 Å². The van der Waals surface area contributed by atoms with E-state index >= 15 is 0 Å². The van der Waals surface area contributed by atoms with Gasteiger partial charge < -0.3 is 5.32 Å². The Morgan fingerprint density at radius 3 is 2.55 bits per heavy atom. The van der Waals surface area contributed by atoms with Crippen LogP contribution in [-0.2, 0) is 6.54 Å². The molecule has 0 amide bonds. The largest absolute Gasteiger partial charge is 0.313 e. The maximum atomic E-state index is 4.58. The highest BCUT2D eigenvalue weighted by Crippen LogP contribution is 2.24. The number of aromatic nitrogens is 2. The minimum atomic E-state index is 0.931. The number of nitrogens with one attached hydrogen (secondary N) is 1. The first-order valence-electron chi connectivity index (χ1n) is 7.07. The lowest BCUT2D eigenvalue weighted by atomic mass is 10.1. The quantitative estimate of drug-likeness (QED) is 0.835. The molecule has 0 aliphatic carbocycles. The number of nitrogens with zero attached hydrogens (tertiary/aromatic N) is 2. The summed E-state index contributed by atoms with van der Waals surface area (Å²) in [6.07, 6.45) is 1.16. The van der Waals surface area contributed by atoms with Crippen molar-refractivity contribution in [3.8, 4) is 5.69 Å². The van der Waals surface area contributed by atoms with Gasteiger partial charge in [0, 0.05) is 6.54 Å². The molecule has 0 aliphatic heterocycles. The minimum Gasteiger partial charge on any atom is -0.313 e. The second-order valence-electron chi connectivity index (χ2n) is 5.18. The van der Waals surface area contributed by atoms with E-state index in [0.717, 1.165) is 41.1 Å². The maximum absolute atomic E-state index is 4.58. The maximum Gasteiger partial charge on any atom is 0.0743 e. The summed E-state index contributed by atoms with van der Waals surface area (Å²) in [6.45, 7) is 10.4. The van der Waals surface area contributed by atoms with E-state index < -0.39 is 0 Å². The van der Waals surface area contributed by atoms with Crippen LogP contribution >= 0.6 is 15.9 Å². The predicted molar refractivity (Wildman–Crippen MR) is 87.5 cm³/mol. The Morgan fingerprint density at radius 1 is 1.25 bits per heavy atom. The van der Waals surface area contributed by atoms with Crippen LogP contribution in [0.2, 0.25) is 0 Å². The summed E-state index contributed by atoms with van der Waals surface area (Å²) in [4.78, 5) is 0. The van der Waals surface area contributed by atoms with Crippen molar-refractivity contribution in [1.82, 2.24) is 15.1 Å². The first-order valence-corrected chi connectivity index (χ1v) is 7.86. The summed E-state index contributed by atoms with van der Waals surface area (Å²) < 4.78 is 3.08. The van der Waals surface area contributed by atoms with Gasteiger partial charge in [-0.25, -0.2) is 4.68 Å². The van der Waals surface area contributed by atoms with Gasteiger partial charge in [0.2, 0.25) is 0 Å². The van der Waals surface area contributed by atoms with Crippen molar-refractivity contribution in [2.45, 2.75) is 40.7 Å². The fourth-order valence-corrected chi connectivity index (χ4v) is 2.53. The van der Waals surface area contributed by atoms with Crippen LogP contribution in [0, 0.1) is 20.8 Å². The topological polar surface area (TPSA) is 29.9 Å². The molecule has 2 aromatic rings. The van der Waals surface area contributed by atoms with E-state index in [2.05, 4.69) is 65.3 Å². The fraction of sp³-hybridized carbons (Fsp3) is 0.438. The minimum absolute atomic E-state index is 0.931. The zero-order chi connectivity index (χ0) is 14.7. The van der Waals surface area contributed by atoms with E-state index in [4.69, 9.17) is 0 Å². The molecule has 0 unspecified atom stereocenters. The molecule has 0 aliphatic rings. The highest BCUT2D eigenvalue weighted by molar-refractivity contribution is 9.10. The van der Waals surface area contributed by atoms with Crippen LogP contribution in [0.5, 0.6) is 0 Å². The van der Waals surface area contributed by atoms with Crippen LogP contribution in [0.15, 0.2) is 22.7 Å². The van der Waals surface area contributed by atoms with Crippen molar-refractivity contribution in [2.24, 2.45) is 0 Å². The number of hydrogen-bond acceptors (Lipinski definition) is 2. The molecule has 3 nitrogen and oxygen atoms in total. The van der Waals surface area contributed by atoms with Gasteiger partial charge in [0.15, 0.2) is 0 Å². The monoisotopic (exact) mass is 335 g/mol. The number of rotatable bonds is 5. The Hall–Kier alpha value is -1.13. The van der Waals surface area contributed by atoms with Crippen LogP contribution in [0.4, 0.5) is 0 Å². The highest BCUT2D eigenvalue weighted by atomic mass is 79.9. The number of hydrogen-bond donors (Lipinski definition) is 1. The van der Waals surface area contributed by atoms with E-state index in [1.807, 2.05) is 11.6 Å². The third-order valence-electron chi connectivity index (χ3n) is 3.52. The fourth-order valence-electron chi connectivity index (χ4n) is 2.29. The molecule has 20 heavy (non-hydrogen) atoms. The molecule has 0 saturated carbocycles. The Balaban J connectivity index is 2.26. The Bertz CT molecular complexity index is 602. The van der Waals surface area contributed by atoms with Gasteiger partial charge in [-0.2, -0.15) is 5.10 Å². The summed E-state index contributed by atoms with van der Waals surface area (Å²) >= 11 is 3.58. The summed E-state index contributed by atoms with van der Waals surface area (Å²) in [5, 5.41) is 8.03. The van der Waals surface area contributed by atoms with Crippen molar-refractivity contribution in [3.05, 3.63) is 45.2 Å². The van der Waals surface area contributed by atoms with Gasteiger partial charge in [-0.05, 0) is 72.9 Å². The first-order chi connectivity index (χ1) is 9.54. The number of halogens is 1. The molecular formula is C16H22BrN3. The molecular weight excluding hydrogens is 314 g/mol. The lowest BCUT2D eigenvalue weighted by Gasteiger charge is -2.10. The normalized spacial score (nSPS) is 11.1. The van der Waals surface area contributed by atoms with Crippen molar-refractivity contribution in [3.63, 3.8) is 0 Å². The molecule has 4 heteroatoms. The van der Waals surface area contributed by atoms with Crippen molar-refractivity contribution in [1.29, 1.82) is 0 Å². The molecule has 2 rings (SSSR count). The van der Waals surface area contributed by atoms with Crippen molar-refractivity contribution >= 4 is 15.9 Å². The molecule has 1 aromatic heterocycles. The van der Waals surface area contributed by atoms with Crippen molar-refractivity contribution < 1.29 is 0 Å². The van der Waals surface area contributed by atoms with E-state index in [1.165, 1.54) is 11.1 Å². The Kier molecular flexibility index (Phi) is 5.00. The Morgan fingerprint density at radius 2 is 2.00 bits per heavy atom. The molecule has 108 valence electrons. The average molecular weight is 336 g/mol. The van der Waals surface area contributed by atoms with Gasteiger partial charge in [0.1, 0.15) is 0 Å². The smallest absolute Gasteiger partial charge is 0.0743 e. The Labute approximate surface area is 129 Å². The highest BCUT2D eigenvalue weighted by Gasteiger charge is 2.11. The first kappa shape index (κ1) is 15.3. The van der Waals surface area contributed by atoms with E-state index in [9.17, 15) is 0 Å². The van der Waals surface area contributed by atoms with Gasteiger partial charge in [0.25, 0.3) is 0 Å². The zero-order valence-electron chi connectivity index (χ0n) is 12.6. The standard InChI is InChI=1S/C16H22BrN3/c1-5-8-18-10-14-6-7-15(9-11(14)2)20-13(4)16(17)12(3)19-20/h6-7,9,18H,5,8,10H2,1-4H3. The molecule has 0 bridgehead atoms. The lowest BCUT2D eigenvalue weighted by Crippen LogP contribution is -2.14. The third kappa shape index (κ3) is 3.13. The van der Waals surface area contributed by atoms with Gasteiger partial charge in [-0.3, -0.25) is 0 Å². The van der Waals surface area contributed by atoms with Crippen LogP contribution in [0.3, 0.4) is 0 Å². The van der Waals surface area contributed by atoms with Crippen LogP contribution in [0.1, 0.15) is 35.9 Å². The van der Waals surface area contributed by atoms with Crippen molar-refractivity contribution in [2.75, 3.05) is 6.54 Å². The summed E-state index contributed by atoms with van der Waals surface area (Å²) in [6, 6.07) is 6.54. The van der Waals surface area contributed by atoms with Crippen LogP contribution in [0.25, 0.3) is 5.69 Å². The predicted octanol–water partition coefficient (Wildman–Crippen LogP) is 4.06. The van der Waals surface area contributed by atoms with Gasteiger partial charge in [0.05, 0.1) is 21.5 Å². The molecule has 0 radical (unpaired) electrons. The second-order valence-corrected chi connectivity index (χ2v) is 5.98. The molecule has 1 N–H and O–H groups in total. The zero-order valence-corrected chi connectivity index (χ0v) is 14.2. The number of aryl methyl sites for hydroxylation is 2. The third-order valence-corrected chi connectivity index (χ3v) is 4.66. The van der Waals surface area contributed by atoms with E-state index in [0.29, 0.717) is 0 Å². The van der Waals surface area contributed by atoms with E-state index in [1.54, 1.807) is 0 Å². The average Bonchev–Trinajstić information content (AvgIpc) is 2.68. The number of benzene rings is 1. The molecule has 1 heterocycles. The van der Waals surface area contributed by atoms with Gasteiger partial charge in [-0.15, -0.1) is 0 Å². The second kappa shape index (κ2) is 6.55. The summed E-state index contributed by atoms with van der Waals surface area (Å²) in [7, 11) is 0.